The van der Waals surface area contributed by atoms with Crippen molar-refractivity contribution in [2.75, 3.05) is 0 Å². The summed E-state index contributed by atoms with van der Waals surface area (Å²) in [5.74, 6) is -1.16. The number of carbonyl (C=O) groups is 3. The maximum Gasteiger partial charge on any atom is 0.271 e. The standard InChI is InChI=1S/C18H20N2O4S/c1-8-2-3-9-10(7-25-13(9)6-8)16(21)19-20-17(22)14-11-4-5-12(24-11)15(14)18(20)23/h7-8,11-12,14-15H,2-6H2,1H3,(H,19,21). The largest absolute Gasteiger partial charge is 0.373 e. The van der Waals surface area contributed by atoms with E-state index >= 15 is 0 Å². The van der Waals surface area contributed by atoms with Crippen molar-refractivity contribution in [3.8, 4) is 0 Å². The Morgan fingerprint density at radius 1 is 1.20 bits per heavy atom. The Morgan fingerprint density at radius 3 is 2.56 bits per heavy atom. The van der Waals surface area contributed by atoms with E-state index in [1.54, 1.807) is 11.3 Å². The summed E-state index contributed by atoms with van der Waals surface area (Å²) in [7, 11) is 0. The lowest BCUT2D eigenvalue weighted by Gasteiger charge is -2.21. The molecule has 0 radical (unpaired) electrons. The van der Waals surface area contributed by atoms with E-state index < -0.39 is 11.8 Å². The molecule has 3 amide bonds. The van der Waals surface area contributed by atoms with Crippen LogP contribution in [0.4, 0.5) is 0 Å². The number of thiophene rings is 1. The van der Waals surface area contributed by atoms with Gasteiger partial charge in [0.05, 0.1) is 29.6 Å². The highest BCUT2D eigenvalue weighted by atomic mass is 32.1. The monoisotopic (exact) mass is 360 g/mol. The highest BCUT2D eigenvalue weighted by Gasteiger charge is 2.62. The Morgan fingerprint density at radius 2 is 1.88 bits per heavy atom. The Labute approximate surface area is 149 Å². The van der Waals surface area contributed by atoms with Crippen LogP contribution < -0.4 is 5.43 Å². The van der Waals surface area contributed by atoms with Crippen LogP contribution in [0, 0.1) is 17.8 Å². The van der Waals surface area contributed by atoms with Crippen LogP contribution in [0.2, 0.25) is 0 Å². The predicted octanol–water partition coefficient (Wildman–Crippen LogP) is 1.68. The Bertz CT molecular complexity index is 760. The van der Waals surface area contributed by atoms with Gasteiger partial charge in [-0.25, -0.2) is 0 Å². The van der Waals surface area contributed by atoms with Crippen molar-refractivity contribution in [1.82, 2.24) is 10.4 Å². The molecule has 5 rings (SSSR count). The van der Waals surface area contributed by atoms with Crippen molar-refractivity contribution >= 4 is 29.1 Å². The molecular formula is C18H20N2O4S. The number of nitrogens with one attached hydrogen (secondary N) is 1. The fraction of sp³-hybridized carbons (Fsp3) is 0.611. The van der Waals surface area contributed by atoms with Gasteiger partial charge in [0.15, 0.2) is 0 Å². The fourth-order valence-corrected chi connectivity index (χ4v) is 6.10. The average Bonchev–Trinajstić information content (AvgIpc) is 3.34. The number of rotatable bonds is 2. The van der Waals surface area contributed by atoms with Crippen LogP contribution in [-0.2, 0) is 27.2 Å². The van der Waals surface area contributed by atoms with Gasteiger partial charge in [-0.2, -0.15) is 5.01 Å². The van der Waals surface area contributed by atoms with Crippen LogP contribution in [-0.4, -0.2) is 34.9 Å². The summed E-state index contributed by atoms with van der Waals surface area (Å²) in [4.78, 5) is 39.3. The van der Waals surface area contributed by atoms with Gasteiger partial charge in [-0.05, 0) is 43.6 Å². The molecule has 7 heteroatoms. The number of nitrogens with zero attached hydrogens (tertiary/aromatic N) is 1. The molecule has 4 heterocycles. The molecule has 0 saturated carbocycles. The number of hydrazine groups is 1. The highest BCUT2D eigenvalue weighted by Crippen LogP contribution is 2.48. The third-order valence-corrected chi connectivity index (χ3v) is 7.20. The van der Waals surface area contributed by atoms with Crippen molar-refractivity contribution in [3.63, 3.8) is 0 Å². The lowest BCUT2D eigenvalue weighted by molar-refractivity contribution is -0.145. The van der Waals surface area contributed by atoms with Crippen molar-refractivity contribution < 1.29 is 19.1 Å². The Balaban J connectivity index is 1.37. The maximum absolute atomic E-state index is 12.7. The zero-order valence-electron chi connectivity index (χ0n) is 14.0. The predicted molar refractivity (Wildman–Crippen MR) is 89.7 cm³/mol. The molecule has 132 valence electrons. The van der Waals surface area contributed by atoms with E-state index in [4.69, 9.17) is 4.74 Å². The summed E-state index contributed by atoms with van der Waals surface area (Å²) in [5, 5.41) is 2.82. The van der Waals surface area contributed by atoms with Crippen LogP contribution in [0.15, 0.2) is 5.38 Å². The van der Waals surface area contributed by atoms with Gasteiger partial charge < -0.3 is 4.74 Å². The first-order valence-electron chi connectivity index (χ1n) is 8.98. The van der Waals surface area contributed by atoms with E-state index in [-0.39, 0.29) is 29.9 Å². The molecule has 2 bridgehead atoms. The van der Waals surface area contributed by atoms with Gasteiger partial charge in [0.1, 0.15) is 0 Å². The Hall–Kier alpha value is -1.73. The van der Waals surface area contributed by atoms with Gasteiger partial charge in [-0.15, -0.1) is 11.3 Å². The minimum atomic E-state index is -0.413. The lowest BCUT2D eigenvalue weighted by atomic mass is 9.81. The van der Waals surface area contributed by atoms with Crippen LogP contribution >= 0.6 is 11.3 Å². The van der Waals surface area contributed by atoms with Crippen molar-refractivity contribution in [1.29, 1.82) is 0 Å². The second-order valence-corrected chi connectivity index (χ2v) is 8.66. The number of hydrogen-bond acceptors (Lipinski definition) is 5. The van der Waals surface area contributed by atoms with Gasteiger partial charge in [0, 0.05) is 10.3 Å². The molecule has 0 aromatic carbocycles. The van der Waals surface area contributed by atoms with Gasteiger partial charge >= 0.3 is 0 Å². The van der Waals surface area contributed by atoms with Crippen molar-refractivity contribution in [2.24, 2.45) is 17.8 Å². The summed E-state index contributed by atoms with van der Waals surface area (Å²) in [6.45, 7) is 2.22. The van der Waals surface area contributed by atoms with E-state index in [9.17, 15) is 14.4 Å². The molecule has 0 spiro atoms. The quantitative estimate of drug-likeness (QED) is 0.814. The lowest BCUT2D eigenvalue weighted by Crippen LogP contribution is -2.48. The molecule has 3 fully saturated rings. The van der Waals surface area contributed by atoms with Gasteiger partial charge in [0.2, 0.25) is 0 Å². The van der Waals surface area contributed by atoms with E-state index in [0.717, 1.165) is 42.7 Å². The normalized spacial score (nSPS) is 35.9. The fourth-order valence-electron chi connectivity index (χ4n) is 4.85. The van der Waals surface area contributed by atoms with E-state index in [1.165, 1.54) is 4.88 Å². The number of hydrogen-bond donors (Lipinski definition) is 1. The molecule has 25 heavy (non-hydrogen) atoms. The van der Waals surface area contributed by atoms with E-state index in [2.05, 4.69) is 12.3 Å². The zero-order chi connectivity index (χ0) is 17.3. The van der Waals surface area contributed by atoms with Crippen molar-refractivity contribution in [2.45, 2.75) is 51.2 Å². The highest BCUT2D eigenvalue weighted by molar-refractivity contribution is 7.10. The molecular weight excluding hydrogens is 340 g/mol. The number of amides is 3. The summed E-state index contributed by atoms with van der Waals surface area (Å²) >= 11 is 1.60. The molecule has 5 unspecified atom stereocenters. The second-order valence-electron chi connectivity index (χ2n) is 7.69. The minimum absolute atomic E-state index is 0.163. The van der Waals surface area contributed by atoms with Crippen molar-refractivity contribution in [3.05, 3.63) is 21.4 Å². The number of imide groups is 1. The summed E-state index contributed by atoms with van der Waals surface area (Å²) in [5.41, 5.74) is 4.29. The molecule has 4 aliphatic rings. The minimum Gasteiger partial charge on any atom is -0.373 e. The smallest absolute Gasteiger partial charge is 0.271 e. The van der Waals surface area contributed by atoms with Gasteiger partial charge in [-0.1, -0.05) is 6.92 Å². The SMILES string of the molecule is CC1CCc2c(C(=O)NN3C(=O)C4C5CCC(O5)C4C3=O)csc2C1. The van der Waals surface area contributed by atoms with E-state index in [1.807, 2.05) is 5.38 Å². The number of carbonyl (C=O) groups excluding carboxylic acids is 3. The average molecular weight is 360 g/mol. The van der Waals surface area contributed by atoms with Gasteiger partial charge in [0.25, 0.3) is 17.7 Å². The summed E-state index contributed by atoms with van der Waals surface area (Å²) in [6, 6.07) is 0. The van der Waals surface area contributed by atoms with E-state index in [0.29, 0.717) is 11.5 Å². The summed E-state index contributed by atoms with van der Waals surface area (Å²) in [6.07, 6.45) is 4.27. The topological polar surface area (TPSA) is 75.7 Å². The molecule has 3 aliphatic heterocycles. The molecule has 3 saturated heterocycles. The first-order valence-corrected chi connectivity index (χ1v) is 9.86. The molecule has 6 nitrogen and oxygen atoms in total. The molecule has 1 aliphatic carbocycles. The third-order valence-electron chi connectivity index (χ3n) is 6.14. The maximum atomic E-state index is 12.7. The third kappa shape index (κ3) is 2.15. The van der Waals surface area contributed by atoms with Crippen LogP contribution in [0.3, 0.4) is 0 Å². The zero-order valence-corrected chi connectivity index (χ0v) is 14.8. The molecule has 5 atom stereocenters. The second kappa shape index (κ2) is 5.38. The number of ether oxygens (including phenoxy) is 1. The Kier molecular flexibility index (Phi) is 3.34. The molecule has 1 aromatic heterocycles. The van der Waals surface area contributed by atoms with Crippen LogP contribution in [0.5, 0.6) is 0 Å². The first kappa shape index (κ1) is 15.5. The van der Waals surface area contributed by atoms with Gasteiger partial charge in [-0.3, -0.25) is 19.8 Å². The first-order chi connectivity index (χ1) is 12.0. The summed E-state index contributed by atoms with van der Waals surface area (Å²) < 4.78 is 5.71. The molecule has 1 aromatic rings. The molecule has 1 N–H and O–H groups in total. The van der Waals surface area contributed by atoms with Crippen LogP contribution in [0.25, 0.3) is 0 Å². The number of fused-ring (bicyclic) bond motifs is 6. The van der Waals surface area contributed by atoms with Crippen LogP contribution in [0.1, 0.15) is 47.0 Å².